The number of hydrogen-bond acceptors (Lipinski definition) is 6. The number of benzene rings is 1. The van der Waals surface area contributed by atoms with Gasteiger partial charge in [-0.25, -0.2) is 4.39 Å². The third-order valence-electron chi connectivity index (χ3n) is 3.54. The molecule has 2 aromatic rings. The van der Waals surface area contributed by atoms with E-state index in [-0.39, 0.29) is 18.0 Å². The maximum absolute atomic E-state index is 13.1. The van der Waals surface area contributed by atoms with Crippen molar-refractivity contribution in [3.8, 4) is 11.4 Å². The van der Waals surface area contributed by atoms with Crippen molar-refractivity contribution in [1.29, 1.82) is 0 Å². The summed E-state index contributed by atoms with van der Waals surface area (Å²) in [4.78, 5) is 24.8. The van der Waals surface area contributed by atoms with Crippen molar-refractivity contribution in [2.45, 2.75) is 20.1 Å². The number of carbonyl (C=O) groups excluding carboxylic acids is 1. The molecule has 0 unspecified atom stereocenters. The lowest BCUT2D eigenvalue weighted by Gasteiger charge is -2.17. The summed E-state index contributed by atoms with van der Waals surface area (Å²) in [5, 5.41) is 6.72. The molecule has 1 aromatic carbocycles. The van der Waals surface area contributed by atoms with Crippen LogP contribution in [0.3, 0.4) is 0 Å². The molecule has 0 spiro atoms. The third-order valence-corrected chi connectivity index (χ3v) is 3.54. The topological polar surface area (TPSA) is 91.7 Å². The van der Waals surface area contributed by atoms with Crippen molar-refractivity contribution in [2.75, 3.05) is 26.9 Å². The van der Waals surface area contributed by atoms with E-state index < -0.39 is 23.6 Å². The second-order valence-electron chi connectivity index (χ2n) is 5.34. The molecule has 0 atom stereocenters. The standard InChI is InChI=1S/C18H22FN3O5/c1-4-26-16(27-5-2)11-20-18(24)17-14(25-3)10-15(23)22(21-17)13-8-6-12(19)7-9-13/h6-10,16H,4-5,11H2,1-3H3,(H,20,24). The highest BCUT2D eigenvalue weighted by Gasteiger charge is 2.19. The average molecular weight is 379 g/mol. The highest BCUT2D eigenvalue weighted by Crippen LogP contribution is 2.14. The molecular weight excluding hydrogens is 357 g/mol. The summed E-state index contributed by atoms with van der Waals surface area (Å²) in [5.41, 5.74) is -0.288. The van der Waals surface area contributed by atoms with Gasteiger partial charge in [0.2, 0.25) is 0 Å². The predicted molar refractivity (Wildman–Crippen MR) is 95.7 cm³/mol. The van der Waals surface area contributed by atoms with Gasteiger partial charge in [-0.3, -0.25) is 9.59 Å². The number of amides is 1. The lowest BCUT2D eigenvalue weighted by atomic mass is 10.3. The molecule has 0 aliphatic rings. The average Bonchev–Trinajstić information content (AvgIpc) is 2.66. The van der Waals surface area contributed by atoms with E-state index in [9.17, 15) is 14.0 Å². The first-order valence-corrected chi connectivity index (χ1v) is 8.45. The first-order chi connectivity index (χ1) is 13.0. The maximum atomic E-state index is 13.1. The van der Waals surface area contributed by atoms with Crippen LogP contribution in [0.2, 0.25) is 0 Å². The van der Waals surface area contributed by atoms with Crippen LogP contribution < -0.4 is 15.6 Å². The Morgan fingerprint density at radius 3 is 2.41 bits per heavy atom. The summed E-state index contributed by atoms with van der Waals surface area (Å²) >= 11 is 0. The van der Waals surface area contributed by atoms with Crippen LogP contribution in [0.25, 0.3) is 5.69 Å². The maximum Gasteiger partial charge on any atom is 0.275 e. The Bertz CT molecular complexity index is 817. The lowest BCUT2D eigenvalue weighted by Crippen LogP contribution is -2.37. The summed E-state index contributed by atoms with van der Waals surface area (Å²) in [7, 11) is 1.33. The number of hydrogen-bond donors (Lipinski definition) is 1. The van der Waals surface area contributed by atoms with Crippen molar-refractivity contribution in [3.05, 3.63) is 52.2 Å². The Balaban J connectivity index is 2.28. The molecule has 1 heterocycles. The number of nitrogens with zero attached hydrogens (tertiary/aromatic N) is 2. The number of halogens is 1. The summed E-state index contributed by atoms with van der Waals surface area (Å²) in [6.07, 6.45) is -0.599. The molecular formula is C18H22FN3O5. The zero-order valence-electron chi connectivity index (χ0n) is 15.4. The van der Waals surface area contributed by atoms with E-state index in [0.717, 1.165) is 10.7 Å². The fourth-order valence-corrected chi connectivity index (χ4v) is 2.32. The van der Waals surface area contributed by atoms with E-state index >= 15 is 0 Å². The Hall–Kier alpha value is -2.78. The van der Waals surface area contributed by atoms with Crippen LogP contribution in [-0.2, 0) is 9.47 Å². The Labute approximate surface area is 155 Å². The molecule has 27 heavy (non-hydrogen) atoms. The van der Waals surface area contributed by atoms with Gasteiger partial charge in [0.1, 0.15) is 5.82 Å². The minimum atomic E-state index is -0.599. The van der Waals surface area contributed by atoms with E-state index in [1.54, 1.807) is 0 Å². The molecule has 0 saturated heterocycles. The van der Waals surface area contributed by atoms with E-state index in [4.69, 9.17) is 14.2 Å². The van der Waals surface area contributed by atoms with E-state index in [0.29, 0.717) is 18.9 Å². The van der Waals surface area contributed by atoms with Crippen molar-refractivity contribution >= 4 is 5.91 Å². The quantitative estimate of drug-likeness (QED) is 0.664. The molecule has 146 valence electrons. The summed E-state index contributed by atoms with van der Waals surface area (Å²) in [5.74, 6) is -0.983. The molecule has 1 amide bonds. The van der Waals surface area contributed by atoms with Gasteiger partial charge < -0.3 is 19.5 Å². The van der Waals surface area contributed by atoms with E-state index in [2.05, 4.69) is 10.4 Å². The van der Waals surface area contributed by atoms with Crippen molar-refractivity contribution in [3.63, 3.8) is 0 Å². The number of methoxy groups -OCH3 is 1. The smallest absolute Gasteiger partial charge is 0.275 e. The highest BCUT2D eigenvalue weighted by atomic mass is 19.1. The number of nitrogens with one attached hydrogen (secondary N) is 1. The molecule has 0 saturated carbocycles. The summed E-state index contributed by atoms with van der Waals surface area (Å²) in [6.45, 7) is 4.59. The van der Waals surface area contributed by atoms with Crippen LogP contribution in [0, 0.1) is 5.82 Å². The number of aromatic nitrogens is 2. The molecule has 0 radical (unpaired) electrons. The van der Waals surface area contributed by atoms with Gasteiger partial charge in [0, 0.05) is 13.2 Å². The van der Waals surface area contributed by atoms with Crippen LogP contribution >= 0.6 is 0 Å². The van der Waals surface area contributed by atoms with Gasteiger partial charge in [-0.1, -0.05) is 0 Å². The minimum absolute atomic E-state index is 0.0280. The van der Waals surface area contributed by atoms with Crippen molar-refractivity contribution < 1.29 is 23.4 Å². The first-order valence-electron chi connectivity index (χ1n) is 8.45. The predicted octanol–water partition coefficient (Wildman–Crippen LogP) is 1.51. The minimum Gasteiger partial charge on any atom is -0.494 e. The molecule has 0 aliphatic heterocycles. The molecule has 0 bridgehead atoms. The lowest BCUT2D eigenvalue weighted by molar-refractivity contribution is -0.131. The van der Waals surface area contributed by atoms with E-state index in [1.165, 1.54) is 31.4 Å². The molecule has 9 heteroatoms. The zero-order chi connectivity index (χ0) is 19.8. The van der Waals surface area contributed by atoms with Crippen LogP contribution in [0.4, 0.5) is 4.39 Å². The van der Waals surface area contributed by atoms with Gasteiger partial charge in [0.25, 0.3) is 11.5 Å². The molecule has 8 nitrogen and oxygen atoms in total. The molecule has 1 N–H and O–H groups in total. The molecule has 0 fully saturated rings. The summed E-state index contributed by atoms with van der Waals surface area (Å²) < 4.78 is 30.0. The van der Waals surface area contributed by atoms with E-state index in [1.807, 2.05) is 13.8 Å². The van der Waals surface area contributed by atoms with Gasteiger partial charge in [0.05, 0.1) is 25.4 Å². The van der Waals surface area contributed by atoms with Crippen molar-refractivity contribution in [2.24, 2.45) is 0 Å². The molecule has 1 aromatic heterocycles. The highest BCUT2D eigenvalue weighted by molar-refractivity contribution is 5.94. The van der Waals surface area contributed by atoms with Gasteiger partial charge in [0.15, 0.2) is 17.7 Å². The Morgan fingerprint density at radius 2 is 1.85 bits per heavy atom. The SMILES string of the molecule is CCOC(CNC(=O)c1nn(-c2ccc(F)cc2)c(=O)cc1OC)OCC. The molecule has 0 aliphatic carbocycles. The fourth-order valence-electron chi connectivity index (χ4n) is 2.32. The second kappa shape index (κ2) is 9.79. The fraction of sp³-hybridized carbons (Fsp3) is 0.389. The number of carbonyl (C=O) groups is 1. The van der Waals surface area contributed by atoms with Crippen molar-refractivity contribution in [1.82, 2.24) is 15.1 Å². The summed E-state index contributed by atoms with van der Waals surface area (Å²) in [6, 6.07) is 6.31. The van der Waals surface area contributed by atoms with Crippen LogP contribution in [0.15, 0.2) is 35.1 Å². The number of ether oxygens (including phenoxy) is 3. The Morgan fingerprint density at radius 1 is 1.22 bits per heavy atom. The normalized spacial score (nSPS) is 10.9. The largest absolute Gasteiger partial charge is 0.494 e. The molecule has 2 rings (SSSR count). The van der Waals surface area contributed by atoms with Gasteiger partial charge >= 0.3 is 0 Å². The van der Waals surface area contributed by atoms with Crippen LogP contribution in [0.5, 0.6) is 5.75 Å². The van der Waals surface area contributed by atoms with Gasteiger partial charge in [-0.15, -0.1) is 0 Å². The monoisotopic (exact) mass is 379 g/mol. The third kappa shape index (κ3) is 5.35. The van der Waals surface area contributed by atoms with Gasteiger partial charge in [-0.05, 0) is 38.1 Å². The van der Waals surface area contributed by atoms with Crippen LogP contribution in [0.1, 0.15) is 24.3 Å². The zero-order valence-corrected chi connectivity index (χ0v) is 15.4. The Kier molecular flexibility index (Phi) is 7.44. The van der Waals surface area contributed by atoms with Crippen LogP contribution in [-0.4, -0.2) is 48.8 Å². The second-order valence-corrected chi connectivity index (χ2v) is 5.34. The first kappa shape index (κ1) is 20.5. The van der Waals surface area contributed by atoms with Gasteiger partial charge in [-0.2, -0.15) is 9.78 Å². The number of rotatable bonds is 9.